The molecule has 0 aromatic heterocycles. The van der Waals surface area contributed by atoms with Crippen LogP contribution >= 0.6 is 0 Å². The number of nitro groups is 2. The predicted molar refractivity (Wildman–Crippen MR) is 114 cm³/mol. The van der Waals surface area contributed by atoms with Gasteiger partial charge in [-0.15, -0.1) is 0 Å². The van der Waals surface area contributed by atoms with Crippen LogP contribution in [0.3, 0.4) is 0 Å². The van der Waals surface area contributed by atoms with Gasteiger partial charge in [-0.3, -0.25) is 20.2 Å². The zero-order valence-corrected chi connectivity index (χ0v) is 17.9. The van der Waals surface area contributed by atoms with E-state index < -0.39 is 27.2 Å². The quantitative estimate of drug-likeness (QED) is 0.237. The number of carbonyl (C=O) groups excluding carboxylic acids is 2. The maximum Gasteiger partial charge on any atom is 0.272 e. The summed E-state index contributed by atoms with van der Waals surface area (Å²) in [7, 11) is 0. The molecule has 0 N–H and O–H groups in total. The Morgan fingerprint density at radius 2 is 1.18 bits per heavy atom. The Balaban J connectivity index is 2.38. The molecule has 0 aliphatic carbocycles. The normalized spacial score (nSPS) is 11.2. The van der Waals surface area contributed by atoms with Crippen LogP contribution in [-0.4, -0.2) is 21.8 Å². The number of rotatable bonds is 14. The number of unbranched alkanes of at least 4 members (excludes halogenated alkanes) is 3. The highest BCUT2D eigenvalue weighted by molar-refractivity contribution is 5.74. The summed E-state index contributed by atoms with van der Waals surface area (Å²) in [6, 6.07) is 11.6. The SMILES string of the molecule is O=C([O-])CCCCCCC(Cc1ccccc1[N+](=O)[O-])(Cc1ccccc1[N+](=O)[O-])C(=O)[O-]. The van der Waals surface area contributed by atoms with Crippen molar-refractivity contribution in [1.82, 2.24) is 0 Å². The Kier molecular flexibility index (Phi) is 9.02. The van der Waals surface area contributed by atoms with Crippen molar-refractivity contribution in [3.05, 3.63) is 79.9 Å². The standard InChI is InChI=1S/C23H26N2O8/c26-21(27)13-3-1-2-8-14-23(22(28)29,15-17-9-4-6-11-19(17)24(30)31)16-18-10-5-7-12-20(18)25(32)33/h4-7,9-12H,1-3,8,13-16H2,(H,26,27)(H,28,29)/p-2. The van der Waals surface area contributed by atoms with E-state index in [0.717, 1.165) is 0 Å². The maximum atomic E-state index is 12.5. The first-order chi connectivity index (χ1) is 15.7. The summed E-state index contributed by atoms with van der Waals surface area (Å²) >= 11 is 0. The zero-order chi connectivity index (χ0) is 24.4. The smallest absolute Gasteiger partial charge is 0.272 e. The van der Waals surface area contributed by atoms with Crippen molar-refractivity contribution < 1.29 is 29.6 Å². The fraction of sp³-hybridized carbons (Fsp3) is 0.391. The Morgan fingerprint density at radius 1 is 0.727 bits per heavy atom. The Labute approximate surface area is 190 Å². The zero-order valence-electron chi connectivity index (χ0n) is 17.9. The van der Waals surface area contributed by atoms with E-state index in [1.54, 1.807) is 12.1 Å². The summed E-state index contributed by atoms with van der Waals surface area (Å²) < 4.78 is 0. The van der Waals surface area contributed by atoms with Crippen LogP contribution < -0.4 is 10.2 Å². The van der Waals surface area contributed by atoms with E-state index in [0.29, 0.717) is 25.7 Å². The monoisotopic (exact) mass is 456 g/mol. The molecule has 0 saturated carbocycles. The number of nitro benzene ring substituents is 2. The third kappa shape index (κ3) is 7.09. The van der Waals surface area contributed by atoms with Gasteiger partial charge in [0.05, 0.1) is 9.85 Å². The molecule has 0 aliphatic rings. The summed E-state index contributed by atoms with van der Waals surface area (Å²) in [5.74, 6) is -2.61. The molecule has 0 bridgehead atoms. The van der Waals surface area contributed by atoms with Crippen molar-refractivity contribution in [2.24, 2.45) is 5.41 Å². The fourth-order valence-corrected chi connectivity index (χ4v) is 3.98. The largest absolute Gasteiger partial charge is 0.550 e. The van der Waals surface area contributed by atoms with Gasteiger partial charge in [-0.05, 0) is 32.1 Å². The number of hydrogen-bond acceptors (Lipinski definition) is 8. The van der Waals surface area contributed by atoms with Gasteiger partial charge in [0.1, 0.15) is 0 Å². The first-order valence-electron chi connectivity index (χ1n) is 10.5. The third-order valence-electron chi connectivity index (χ3n) is 5.65. The molecule has 0 spiro atoms. The van der Waals surface area contributed by atoms with E-state index in [4.69, 9.17) is 0 Å². The lowest BCUT2D eigenvalue weighted by atomic mass is 9.72. The van der Waals surface area contributed by atoms with Crippen molar-refractivity contribution in [1.29, 1.82) is 0 Å². The summed E-state index contributed by atoms with van der Waals surface area (Å²) in [4.78, 5) is 44.8. The summed E-state index contributed by atoms with van der Waals surface area (Å²) in [6.07, 6.45) is 1.30. The van der Waals surface area contributed by atoms with Crippen LogP contribution in [0.4, 0.5) is 11.4 Å². The highest BCUT2D eigenvalue weighted by atomic mass is 16.6. The van der Waals surface area contributed by atoms with Crippen molar-refractivity contribution in [2.75, 3.05) is 0 Å². The van der Waals surface area contributed by atoms with Crippen LogP contribution in [0, 0.1) is 25.6 Å². The molecular formula is C23H24N2O8-2. The highest BCUT2D eigenvalue weighted by Gasteiger charge is 2.36. The molecule has 10 heteroatoms. The third-order valence-corrected chi connectivity index (χ3v) is 5.65. The molecule has 0 heterocycles. The summed E-state index contributed by atoms with van der Waals surface area (Å²) in [6.45, 7) is 0. The molecule has 2 aromatic carbocycles. The Hall–Kier alpha value is -3.82. The van der Waals surface area contributed by atoms with Gasteiger partial charge in [0.15, 0.2) is 0 Å². The first kappa shape index (κ1) is 25.4. The van der Waals surface area contributed by atoms with Crippen molar-refractivity contribution in [3.8, 4) is 0 Å². The minimum Gasteiger partial charge on any atom is -0.550 e. The van der Waals surface area contributed by atoms with Crippen molar-refractivity contribution >= 4 is 23.3 Å². The summed E-state index contributed by atoms with van der Waals surface area (Å²) in [5.41, 5.74) is -1.71. The van der Waals surface area contributed by atoms with Crippen LogP contribution in [0.5, 0.6) is 0 Å². The molecule has 10 nitrogen and oxygen atoms in total. The van der Waals surface area contributed by atoms with Gasteiger partial charge in [-0.25, -0.2) is 0 Å². The number of hydrogen-bond donors (Lipinski definition) is 0. The Morgan fingerprint density at radius 3 is 1.61 bits per heavy atom. The van der Waals surface area contributed by atoms with Gasteiger partial charge in [0.25, 0.3) is 11.4 Å². The van der Waals surface area contributed by atoms with Crippen LogP contribution in [0.2, 0.25) is 0 Å². The van der Waals surface area contributed by atoms with E-state index in [2.05, 4.69) is 0 Å². The van der Waals surface area contributed by atoms with Crippen LogP contribution in [-0.2, 0) is 22.4 Å². The molecule has 0 radical (unpaired) electrons. The van der Waals surface area contributed by atoms with Crippen LogP contribution in [0.1, 0.15) is 49.7 Å². The second kappa shape index (κ2) is 11.7. The molecule has 0 amide bonds. The topological polar surface area (TPSA) is 167 Å². The van der Waals surface area contributed by atoms with Crippen LogP contribution in [0.15, 0.2) is 48.5 Å². The second-order valence-electron chi connectivity index (χ2n) is 7.98. The van der Waals surface area contributed by atoms with Gasteiger partial charge in [0.2, 0.25) is 0 Å². The number of nitrogens with zero attached hydrogens (tertiary/aromatic N) is 2. The molecule has 2 rings (SSSR count). The molecule has 0 saturated heterocycles. The number of para-hydroxylation sites is 2. The second-order valence-corrected chi connectivity index (χ2v) is 7.98. The maximum absolute atomic E-state index is 12.5. The number of benzene rings is 2. The average molecular weight is 456 g/mol. The van der Waals surface area contributed by atoms with E-state index in [1.165, 1.54) is 36.4 Å². The molecule has 0 fully saturated rings. The number of carbonyl (C=O) groups is 2. The van der Waals surface area contributed by atoms with E-state index in [1.807, 2.05) is 0 Å². The number of carboxylic acid groups (broad SMARTS) is 2. The average Bonchev–Trinajstić information content (AvgIpc) is 2.76. The minimum atomic E-state index is -1.63. The first-order valence-corrected chi connectivity index (χ1v) is 10.5. The fourth-order valence-electron chi connectivity index (χ4n) is 3.98. The highest BCUT2D eigenvalue weighted by Crippen LogP contribution is 2.38. The lowest BCUT2D eigenvalue weighted by Crippen LogP contribution is -2.45. The van der Waals surface area contributed by atoms with Gasteiger partial charge in [0, 0.05) is 40.6 Å². The molecule has 33 heavy (non-hydrogen) atoms. The lowest BCUT2D eigenvalue weighted by molar-refractivity contribution is -0.386. The van der Waals surface area contributed by atoms with Gasteiger partial charge >= 0.3 is 0 Å². The molecule has 0 atom stereocenters. The van der Waals surface area contributed by atoms with Gasteiger partial charge < -0.3 is 19.8 Å². The molecule has 0 unspecified atom stereocenters. The minimum absolute atomic E-state index is 0.0543. The van der Waals surface area contributed by atoms with Crippen molar-refractivity contribution in [3.63, 3.8) is 0 Å². The molecular weight excluding hydrogens is 432 g/mol. The molecule has 0 aliphatic heterocycles. The molecule has 2 aromatic rings. The van der Waals surface area contributed by atoms with E-state index in [-0.39, 0.29) is 48.2 Å². The van der Waals surface area contributed by atoms with Gasteiger partial charge in [-0.2, -0.15) is 0 Å². The summed E-state index contributed by atoms with van der Waals surface area (Å²) in [5, 5.41) is 46.0. The van der Waals surface area contributed by atoms with E-state index in [9.17, 15) is 40.0 Å². The number of aliphatic carboxylic acids is 2. The number of carboxylic acids is 2. The van der Waals surface area contributed by atoms with Crippen LogP contribution in [0.25, 0.3) is 0 Å². The predicted octanol–water partition coefficient (Wildman–Crippen LogP) is 2.11. The Bertz CT molecular complexity index is 962. The molecule has 176 valence electrons. The van der Waals surface area contributed by atoms with Gasteiger partial charge in [-0.1, -0.05) is 55.7 Å². The lowest BCUT2D eigenvalue weighted by Gasteiger charge is -2.35. The van der Waals surface area contributed by atoms with Crippen molar-refractivity contribution in [2.45, 2.75) is 51.4 Å². The van der Waals surface area contributed by atoms with E-state index >= 15 is 0 Å².